The van der Waals surface area contributed by atoms with Gasteiger partial charge in [-0.25, -0.2) is 13.8 Å². The molecule has 0 radical (unpaired) electrons. The summed E-state index contributed by atoms with van der Waals surface area (Å²) in [5.41, 5.74) is 0. The molecule has 1 aromatic heterocycles. The maximum Gasteiger partial charge on any atom is 0.255 e. The van der Waals surface area contributed by atoms with Crippen LogP contribution in [0.4, 0.5) is 8.78 Å². The van der Waals surface area contributed by atoms with Gasteiger partial charge in [-0.2, -0.15) is 0 Å². The average molecular weight is 304 g/mol. The van der Waals surface area contributed by atoms with Crippen LogP contribution >= 0.6 is 11.6 Å². The minimum Gasteiger partial charge on any atom is -0.488 e. The number of pyridine rings is 1. The van der Waals surface area contributed by atoms with Crippen molar-refractivity contribution in [3.8, 4) is 11.6 Å². The molecule has 0 aromatic carbocycles. The van der Waals surface area contributed by atoms with Gasteiger partial charge in [0.25, 0.3) is 5.92 Å². The molecule has 0 atom stereocenters. The lowest BCUT2D eigenvalue weighted by atomic mass is 9.86. The number of rotatable bonds is 5. The van der Waals surface area contributed by atoms with Crippen LogP contribution in [-0.4, -0.2) is 23.6 Å². The molecular formula is C14H16ClF2NO2. The summed E-state index contributed by atoms with van der Waals surface area (Å²) in [6.45, 7) is 0.595. The molecule has 0 spiro atoms. The van der Waals surface area contributed by atoms with Gasteiger partial charge in [-0.15, -0.1) is 0 Å². The van der Waals surface area contributed by atoms with Crippen molar-refractivity contribution in [2.24, 2.45) is 5.92 Å². The smallest absolute Gasteiger partial charge is 0.255 e. The van der Waals surface area contributed by atoms with E-state index in [1.54, 1.807) is 6.07 Å². The molecule has 2 aliphatic carbocycles. The maximum absolute atomic E-state index is 12.8. The average Bonchev–Trinajstić information content (AvgIpc) is 2.29. The van der Waals surface area contributed by atoms with Crippen molar-refractivity contribution in [3.05, 3.63) is 17.3 Å². The van der Waals surface area contributed by atoms with E-state index in [9.17, 15) is 8.78 Å². The predicted molar refractivity (Wildman–Crippen MR) is 70.7 cm³/mol. The zero-order valence-corrected chi connectivity index (χ0v) is 11.7. The number of aromatic nitrogens is 1. The molecule has 110 valence electrons. The molecular weight excluding hydrogens is 288 g/mol. The van der Waals surface area contributed by atoms with Gasteiger partial charge in [-0.1, -0.05) is 18.0 Å². The number of alkyl halides is 2. The van der Waals surface area contributed by atoms with E-state index in [0.717, 1.165) is 0 Å². The molecule has 0 amide bonds. The van der Waals surface area contributed by atoms with Crippen LogP contribution in [0.1, 0.15) is 32.1 Å². The molecule has 0 saturated heterocycles. The Morgan fingerprint density at radius 3 is 2.70 bits per heavy atom. The van der Waals surface area contributed by atoms with Gasteiger partial charge in [-0.05, 0) is 18.8 Å². The Kier molecular flexibility index (Phi) is 3.71. The van der Waals surface area contributed by atoms with Gasteiger partial charge >= 0.3 is 0 Å². The van der Waals surface area contributed by atoms with Gasteiger partial charge < -0.3 is 9.47 Å². The summed E-state index contributed by atoms with van der Waals surface area (Å²) < 4.78 is 36.6. The summed E-state index contributed by atoms with van der Waals surface area (Å²) in [6.07, 6.45) is 4.11. The highest BCUT2D eigenvalue weighted by Crippen LogP contribution is 2.42. The van der Waals surface area contributed by atoms with Crippen molar-refractivity contribution in [1.29, 1.82) is 0 Å². The Morgan fingerprint density at radius 1 is 1.35 bits per heavy atom. The lowest BCUT2D eigenvalue weighted by molar-refractivity contribution is -0.134. The maximum atomic E-state index is 12.8. The van der Waals surface area contributed by atoms with Crippen LogP contribution in [0.5, 0.6) is 11.6 Å². The molecule has 20 heavy (non-hydrogen) atoms. The molecule has 0 N–H and O–H groups in total. The Hall–Kier alpha value is -1.10. The first kappa shape index (κ1) is 13.9. The monoisotopic (exact) mass is 303 g/mol. The Labute approximate surface area is 121 Å². The van der Waals surface area contributed by atoms with Gasteiger partial charge in [0.05, 0.1) is 6.61 Å². The number of hydrogen-bond acceptors (Lipinski definition) is 3. The van der Waals surface area contributed by atoms with Gasteiger partial charge in [-0.3, -0.25) is 0 Å². The van der Waals surface area contributed by atoms with Crippen LogP contribution in [0.3, 0.4) is 0 Å². The van der Waals surface area contributed by atoms with Crippen LogP contribution in [0, 0.1) is 5.92 Å². The quantitative estimate of drug-likeness (QED) is 0.821. The normalized spacial score (nSPS) is 21.9. The van der Waals surface area contributed by atoms with Crippen molar-refractivity contribution in [2.45, 2.75) is 44.1 Å². The fraction of sp³-hybridized carbons (Fsp3) is 0.643. The van der Waals surface area contributed by atoms with E-state index in [1.165, 1.54) is 25.5 Å². The zero-order chi connectivity index (χ0) is 14.2. The van der Waals surface area contributed by atoms with Crippen LogP contribution in [-0.2, 0) is 0 Å². The Bertz CT molecular complexity index is 486. The molecule has 2 saturated carbocycles. The van der Waals surface area contributed by atoms with Gasteiger partial charge in [0, 0.05) is 25.1 Å². The van der Waals surface area contributed by atoms with E-state index in [-0.39, 0.29) is 17.9 Å². The zero-order valence-electron chi connectivity index (χ0n) is 10.9. The molecule has 0 aliphatic heterocycles. The van der Waals surface area contributed by atoms with Crippen LogP contribution < -0.4 is 9.47 Å². The molecule has 0 unspecified atom stereocenters. The lowest BCUT2D eigenvalue weighted by Gasteiger charge is -2.35. The highest BCUT2D eigenvalue weighted by Gasteiger charge is 2.47. The van der Waals surface area contributed by atoms with Crippen LogP contribution in [0.25, 0.3) is 0 Å². The largest absolute Gasteiger partial charge is 0.488 e. The minimum absolute atomic E-state index is 0.260. The van der Waals surface area contributed by atoms with E-state index in [2.05, 4.69) is 4.98 Å². The van der Waals surface area contributed by atoms with Crippen molar-refractivity contribution < 1.29 is 18.3 Å². The SMILES string of the molecule is FC1(F)CC(Oc2ccnc(OCC3CCC3)c2Cl)C1. The topological polar surface area (TPSA) is 31.4 Å². The molecule has 3 rings (SSSR count). The van der Waals surface area contributed by atoms with E-state index in [4.69, 9.17) is 21.1 Å². The second-order valence-electron chi connectivity index (χ2n) is 5.54. The Morgan fingerprint density at radius 2 is 2.10 bits per heavy atom. The van der Waals surface area contributed by atoms with Crippen molar-refractivity contribution in [1.82, 2.24) is 4.98 Å². The van der Waals surface area contributed by atoms with E-state index in [0.29, 0.717) is 24.2 Å². The fourth-order valence-corrected chi connectivity index (χ4v) is 2.54. The molecule has 0 bridgehead atoms. The molecule has 2 aliphatic rings. The number of nitrogens with zero attached hydrogens (tertiary/aromatic N) is 1. The Balaban J connectivity index is 1.59. The lowest BCUT2D eigenvalue weighted by Crippen LogP contribution is -2.43. The van der Waals surface area contributed by atoms with Gasteiger partial charge in [0.2, 0.25) is 5.88 Å². The van der Waals surface area contributed by atoms with Crippen molar-refractivity contribution in [3.63, 3.8) is 0 Å². The highest BCUT2D eigenvalue weighted by atomic mass is 35.5. The highest BCUT2D eigenvalue weighted by molar-refractivity contribution is 6.33. The molecule has 1 aromatic rings. The third-order valence-corrected chi connectivity index (χ3v) is 4.20. The van der Waals surface area contributed by atoms with Crippen molar-refractivity contribution >= 4 is 11.6 Å². The molecule has 2 fully saturated rings. The van der Waals surface area contributed by atoms with Crippen molar-refractivity contribution in [2.75, 3.05) is 6.61 Å². The molecule has 3 nitrogen and oxygen atoms in total. The predicted octanol–water partition coefficient (Wildman–Crippen LogP) is 4.09. The van der Waals surface area contributed by atoms with Gasteiger partial charge in [0.1, 0.15) is 16.9 Å². The summed E-state index contributed by atoms with van der Waals surface area (Å²) in [5.74, 6) is -1.34. The van der Waals surface area contributed by atoms with E-state index in [1.807, 2.05) is 0 Å². The van der Waals surface area contributed by atoms with Crippen LogP contribution in [0.15, 0.2) is 12.3 Å². The second kappa shape index (κ2) is 5.35. The standard InChI is InChI=1S/C14H16ClF2NO2/c15-12-11(20-10-6-14(16,17)7-10)4-5-18-13(12)19-8-9-2-1-3-9/h4-5,9-10H,1-3,6-8H2. The third kappa shape index (κ3) is 2.97. The summed E-state index contributed by atoms with van der Waals surface area (Å²) in [6, 6.07) is 1.58. The number of halogens is 3. The molecule has 1 heterocycles. The van der Waals surface area contributed by atoms with Gasteiger partial charge in [0.15, 0.2) is 0 Å². The number of ether oxygens (including phenoxy) is 2. The van der Waals surface area contributed by atoms with E-state index < -0.39 is 12.0 Å². The first-order chi connectivity index (χ1) is 9.53. The number of hydrogen-bond donors (Lipinski definition) is 0. The summed E-state index contributed by atoms with van der Waals surface area (Å²) in [4.78, 5) is 4.07. The molecule has 6 heteroatoms. The van der Waals surface area contributed by atoms with Crippen LogP contribution in [0.2, 0.25) is 5.02 Å². The first-order valence-electron chi connectivity index (χ1n) is 6.85. The van der Waals surface area contributed by atoms with E-state index >= 15 is 0 Å². The first-order valence-corrected chi connectivity index (χ1v) is 7.23. The second-order valence-corrected chi connectivity index (χ2v) is 5.92. The summed E-state index contributed by atoms with van der Waals surface area (Å²) in [5, 5.41) is 0.266. The summed E-state index contributed by atoms with van der Waals surface area (Å²) >= 11 is 6.15. The fourth-order valence-electron chi connectivity index (χ4n) is 2.33. The third-order valence-electron chi connectivity index (χ3n) is 3.85. The minimum atomic E-state index is -2.60. The summed E-state index contributed by atoms with van der Waals surface area (Å²) in [7, 11) is 0.